The van der Waals surface area contributed by atoms with Gasteiger partial charge in [0.05, 0.1) is 24.8 Å². The SMILES string of the molecule is Cc1cccc(N[C@H]2[C@H](NC(=O)O)[C@@](NC(=O)N(C)C)([C@H](C)O[Si](C)(C)C(C)(C)C)[C@@](C)(O)[C@@]2(O)CO[Si](c2ccccc2)(c2ccccc2)C(C)(C)C)c1. The summed E-state index contributed by atoms with van der Waals surface area (Å²) in [7, 11) is -2.91. The van der Waals surface area contributed by atoms with Crippen LogP contribution in [0.4, 0.5) is 15.3 Å². The molecule has 11 nitrogen and oxygen atoms in total. The minimum absolute atomic E-state index is 0.296. The van der Waals surface area contributed by atoms with Gasteiger partial charge in [-0.1, -0.05) is 114 Å². The number of carbonyl (C=O) groups excluding carboxylic acids is 1. The third-order valence-electron chi connectivity index (χ3n) is 12.2. The van der Waals surface area contributed by atoms with Gasteiger partial charge in [0.15, 0.2) is 8.32 Å². The number of nitrogens with one attached hydrogen (secondary N) is 3. The van der Waals surface area contributed by atoms with E-state index in [4.69, 9.17) is 8.85 Å². The van der Waals surface area contributed by atoms with E-state index in [1.165, 1.54) is 11.8 Å². The Labute approximate surface area is 330 Å². The second-order valence-electron chi connectivity index (χ2n) is 18.1. The lowest BCUT2D eigenvalue weighted by Crippen LogP contribution is -2.78. The van der Waals surface area contributed by atoms with E-state index in [1.54, 1.807) is 21.0 Å². The number of carbonyl (C=O) groups is 2. The maximum absolute atomic E-state index is 14.0. The molecule has 6 atom stereocenters. The fourth-order valence-electron chi connectivity index (χ4n) is 8.11. The molecular weight excluding hydrogens is 729 g/mol. The highest BCUT2D eigenvalue weighted by Gasteiger charge is 2.78. The predicted octanol–water partition coefficient (Wildman–Crippen LogP) is 5.90. The molecule has 0 saturated heterocycles. The molecule has 0 heterocycles. The van der Waals surface area contributed by atoms with E-state index in [-0.39, 0.29) is 5.04 Å². The molecule has 302 valence electrons. The summed E-state index contributed by atoms with van der Waals surface area (Å²) in [5.41, 5.74) is -5.05. The first-order valence-corrected chi connectivity index (χ1v) is 23.8. The predicted molar refractivity (Wildman–Crippen MR) is 225 cm³/mol. The van der Waals surface area contributed by atoms with Gasteiger partial charge in [-0.05, 0) is 72.0 Å². The van der Waals surface area contributed by atoms with E-state index >= 15 is 0 Å². The van der Waals surface area contributed by atoms with Gasteiger partial charge in [-0.2, -0.15) is 0 Å². The zero-order chi connectivity index (χ0) is 41.4. The van der Waals surface area contributed by atoms with Gasteiger partial charge in [-0.15, -0.1) is 0 Å². The molecular formula is C42H64N4O7Si2. The summed E-state index contributed by atoms with van der Waals surface area (Å²) in [6.45, 7) is 21.4. The third-order valence-corrected chi connectivity index (χ3v) is 21.7. The van der Waals surface area contributed by atoms with E-state index in [0.717, 1.165) is 15.9 Å². The standard InChI is InChI=1S/C42H64N4O7Si2/c1-29-21-20-22-31(27-29)43-34-35(44-37(48)49)42(45-36(47)46(10)11,30(2)53-54(12,13)38(3,4)5)40(9,50)41(34,51)28-52-55(39(6,7)8,32-23-16-14-17-24-32)33-25-18-15-19-26-33/h14-27,30,34-35,43-44,50-51H,28H2,1-13H3,(H,45,47)(H,48,49)/t30-,34-,35-,40-,41+,42-/m0/s1. The third kappa shape index (κ3) is 7.97. The van der Waals surface area contributed by atoms with Crippen LogP contribution in [0.3, 0.4) is 0 Å². The first kappa shape index (κ1) is 44.0. The Hall–Kier alpha value is -3.73. The topological polar surface area (TPSA) is 153 Å². The molecule has 0 unspecified atom stereocenters. The van der Waals surface area contributed by atoms with Crippen molar-refractivity contribution in [2.75, 3.05) is 26.0 Å². The molecule has 1 saturated carbocycles. The van der Waals surface area contributed by atoms with Crippen molar-refractivity contribution in [3.8, 4) is 0 Å². The largest absolute Gasteiger partial charge is 0.465 e. The van der Waals surface area contributed by atoms with Crippen LogP contribution in [0.25, 0.3) is 0 Å². The zero-order valence-corrected chi connectivity index (χ0v) is 36.9. The number of aliphatic hydroxyl groups is 2. The second kappa shape index (κ2) is 15.7. The monoisotopic (exact) mass is 792 g/mol. The highest BCUT2D eigenvalue weighted by atomic mass is 28.4. The first-order valence-electron chi connectivity index (χ1n) is 19.0. The van der Waals surface area contributed by atoms with Crippen LogP contribution in [0.15, 0.2) is 84.9 Å². The average molecular weight is 793 g/mol. The zero-order valence-electron chi connectivity index (χ0n) is 34.9. The molecule has 0 aromatic heterocycles. The molecule has 3 aromatic carbocycles. The number of hydrogen-bond acceptors (Lipinski definition) is 7. The Bertz CT molecular complexity index is 1760. The van der Waals surface area contributed by atoms with E-state index in [0.29, 0.717) is 5.69 Å². The molecule has 3 aromatic rings. The van der Waals surface area contributed by atoms with Crippen molar-refractivity contribution in [2.45, 2.75) is 120 Å². The normalized spacial score (nSPS) is 25.2. The maximum Gasteiger partial charge on any atom is 0.405 e. The van der Waals surface area contributed by atoms with Crippen molar-refractivity contribution in [3.63, 3.8) is 0 Å². The van der Waals surface area contributed by atoms with Crippen LogP contribution in [-0.2, 0) is 8.85 Å². The Morgan fingerprint density at radius 3 is 1.82 bits per heavy atom. The van der Waals surface area contributed by atoms with Gasteiger partial charge in [0.2, 0.25) is 0 Å². The van der Waals surface area contributed by atoms with Gasteiger partial charge in [0.1, 0.15) is 16.7 Å². The lowest BCUT2D eigenvalue weighted by molar-refractivity contribution is -0.182. The molecule has 1 fully saturated rings. The fourth-order valence-corrected chi connectivity index (χ4v) is 14.1. The van der Waals surface area contributed by atoms with E-state index < -0.39 is 75.3 Å². The summed E-state index contributed by atoms with van der Waals surface area (Å²) in [5.74, 6) is 0. The number of rotatable bonds is 12. The van der Waals surface area contributed by atoms with Crippen molar-refractivity contribution in [1.82, 2.24) is 15.5 Å². The Kier molecular flexibility index (Phi) is 12.5. The highest BCUT2D eigenvalue weighted by molar-refractivity contribution is 6.99. The number of urea groups is 1. The van der Waals surface area contributed by atoms with Gasteiger partial charge in [-0.25, -0.2) is 9.59 Å². The molecule has 4 rings (SSSR count). The summed E-state index contributed by atoms with van der Waals surface area (Å²) >= 11 is 0. The van der Waals surface area contributed by atoms with Crippen LogP contribution >= 0.6 is 0 Å². The molecule has 1 aliphatic rings. The van der Waals surface area contributed by atoms with Crippen molar-refractivity contribution in [2.24, 2.45) is 0 Å². The molecule has 0 spiro atoms. The number of carboxylic acid groups (broad SMARTS) is 1. The van der Waals surface area contributed by atoms with Crippen LogP contribution in [0.1, 0.15) is 61.0 Å². The average Bonchev–Trinajstić information content (AvgIpc) is 3.20. The van der Waals surface area contributed by atoms with Gasteiger partial charge in [-0.3, -0.25) is 0 Å². The number of benzene rings is 3. The summed E-state index contributed by atoms with van der Waals surface area (Å²) in [6, 6.07) is 24.1. The molecule has 6 N–H and O–H groups in total. The van der Waals surface area contributed by atoms with Crippen molar-refractivity contribution >= 4 is 44.8 Å². The number of amides is 3. The van der Waals surface area contributed by atoms with Crippen LogP contribution in [0.2, 0.25) is 23.2 Å². The molecule has 0 radical (unpaired) electrons. The highest BCUT2D eigenvalue weighted by Crippen LogP contribution is 2.53. The van der Waals surface area contributed by atoms with E-state index in [2.05, 4.69) is 70.6 Å². The van der Waals surface area contributed by atoms with Gasteiger partial charge in [0.25, 0.3) is 8.32 Å². The minimum Gasteiger partial charge on any atom is -0.465 e. The Morgan fingerprint density at radius 1 is 0.855 bits per heavy atom. The molecule has 0 bridgehead atoms. The van der Waals surface area contributed by atoms with Crippen LogP contribution < -0.4 is 26.3 Å². The number of nitrogens with zero attached hydrogens (tertiary/aromatic N) is 1. The van der Waals surface area contributed by atoms with Gasteiger partial charge in [0, 0.05) is 19.8 Å². The lowest BCUT2D eigenvalue weighted by atomic mass is 9.73. The molecule has 1 aliphatic carbocycles. The number of hydrogen-bond donors (Lipinski definition) is 6. The van der Waals surface area contributed by atoms with Crippen molar-refractivity contribution in [1.29, 1.82) is 0 Å². The number of aryl methyl sites for hydroxylation is 1. The van der Waals surface area contributed by atoms with Gasteiger partial charge >= 0.3 is 12.1 Å². The molecule has 13 heteroatoms. The fraction of sp³-hybridized carbons (Fsp3) is 0.524. The lowest BCUT2D eigenvalue weighted by Gasteiger charge is -2.53. The first-order chi connectivity index (χ1) is 25.3. The van der Waals surface area contributed by atoms with Crippen LogP contribution in [0, 0.1) is 6.92 Å². The number of anilines is 1. The second-order valence-corrected chi connectivity index (χ2v) is 27.1. The van der Waals surface area contributed by atoms with E-state index in [1.807, 2.05) is 91.9 Å². The summed E-state index contributed by atoms with van der Waals surface area (Å²) in [6.07, 6.45) is -2.44. The van der Waals surface area contributed by atoms with Gasteiger partial charge < -0.3 is 45.0 Å². The summed E-state index contributed by atoms with van der Waals surface area (Å²) in [4.78, 5) is 28.2. The minimum atomic E-state index is -3.35. The molecule has 3 amide bonds. The summed E-state index contributed by atoms with van der Waals surface area (Å²) < 4.78 is 14.4. The van der Waals surface area contributed by atoms with Crippen molar-refractivity contribution in [3.05, 3.63) is 90.5 Å². The Morgan fingerprint density at radius 2 is 1.38 bits per heavy atom. The summed E-state index contributed by atoms with van der Waals surface area (Å²) in [5, 5.41) is 47.9. The quantitative estimate of drug-likeness (QED) is 0.124. The Balaban J connectivity index is 2.09. The molecule has 0 aliphatic heterocycles. The smallest absolute Gasteiger partial charge is 0.405 e. The maximum atomic E-state index is 14.0. The van der Waals surface area contributed by atoms with Crippen LogP contribution in [0.5, 0.6) is 0 Å². The van der Waals surface area contributed by atoms with E-state index in [9.17, 15) is 24.9 Å². The van der Waals surface area contributed by atoms with Crippen LogP contribution in [-0.4, -0.2) is 105 Å². The van der Waals surface area contributed by atoms with Crippen molar-refractivity contribution < 1.29 is 33.8 Å². The molecule has 55 heavy (non-hydrogen) atoms.